The highest BCUT2D eigenvalue weighted by molar-refractivity contribution is 7.09. The summed E-state index contributed by atoms with van der Waals surface area (Å²) in [5.74, 6) is 0.928. The van der Waals surface area contributed by atoms with E-state index in [2.05, 4.69) is 10.4 Å². The van der Waals surface area contributed by atoms with Crippen molar-refractivity contribution in [2.45, 2.75) is 50.7 Å². The molecule has 2 aromatic rings. The van der Waals surface area contributed by atoms with Gasteiger partial charge in [-0.25, -0.2) is 14.3 Å². The van der Waals surface area contributed by atoms with Crippen LogP contribution < -0.4 is 11.0 Å². The number of hydrogen-bond donors (Lipinski definition) is 1. The number of carbonyl (C=O) groups excluding carboxylic acids is 1. The maximum absolute atomic E-state index is 12.8. The van der Waals surface area contributed by atoms with Crippen LogP contribution in [-0.2, 0) is 17.8 Å². The summed E-state index contributed by atoms with van der Waals surface area (Å²) in [5, 5.41) is 9.66. The van der Waals surface area contributed by atoms with E-state index in [-0.39, 0.29) is 23.7 Å². The molecular weight excluding hydrogens is 378 g/mol. The molecular formula is C19H27N5O3S. The normalized spacial score (nSPS) is 19.8. The molecule has 4 rings (SSSR count). The van der Waals surface area contributed by atoms with Crippen LogP contribution in [0.15, 0.2) is 22.3 Å². The summed E-state index contributed by atoms with van der Waals surface area (Å²) in [7, 11) is 1.62. The van der Waals surface area contributed by atoms with Gasteiger partial charge in [0.1, 0.15) is 5.82 Å². The first-order valence-electron chi connectivity index (χ1n) is 9.90. The van der Waals surface area contributed by atoms with Crippen molar-refractivity contribution in [3.63, 3.8) is 0 Å². The molecule has 1 N–H and O–H groups in total. The molecule has 0 radical (unpaired) electrons. The number of likely N-dealkylation sites (tertiary alicyclic amines) is 1. The van der Waals surface area contributed by atoms with Gasteiger partial charge in [-0.15, -0.1) is 11.3 Å². The van der Waals surface area contributed by atoms with Gasteiger partial charge in [-0.3, -0.25) is 4.57 Å². The second kappa shape index (κ2) is 8.48. The van der Waals surface area contributed by atoms with E-state index in [0.717, 1.165) is 42.9 Å². The molecule has 28 heavy (non-hydrogen) atoms. The van der Waals surface area contributed by atoms with Crippen LogP contribution in [0.3, 0.4) is 0 Å². The SMILES string of the molecule is COCCn1nc(C2CCCN(C(=O)NCc3cccs3)C2)n(C2CC2)c1=O. The maximum Gasteiger partial charge on any atom is 0.346 e. The molecule has 1 atom stereocenters. The monoisotopic (exact) mass is 405 g/mol. The van der Waals surface area contributed by atoms with Crippen molar-refractivity contribution in [1.82, 2.24) is 24.6 Å². The van der Waals surface area contributed by atoms with Gasteiger partial charge < -0.3 is 15.0 Å². The Kier molecular flexibility index (Phi) is 5.82. The van der Waals surface area contributed by atoms with E-state index < -0.39 is 0 Å². The van der Waals surface area contributed by atoms with E-state index in [9.17, 15) is 9.59 Å². The van der Waals surface area contributed by atoms with Crippen LogP contribution in [0, 0.1) is 0 Å². The van der Waals surface area contributed by atoms with Gasteiger partial charge in [0.15, 0.2) is 0 Å². The number of hydrogen-bond acceptors (Lipinski definition) is 5. The Morgan fingerprint density at radius 1 is 1.39 bits per heavy atom. The summed E-state index contributed by atoms with van der Waals surface area (Å²) in [6.45, 7) is 2.81. The summed E-state index contributed by atoms with van der Waals surface area (Å²) in [5.41, 5.74) is -0.0474. The highest BCUT2D eigenvalue weighted by atomic mass is 32.1. The molecule has 152 valence electrons. The molecule has 0 bridgehead atoms. The number of carbonyl (C=O) groups is 1. The minimum absolute atomic E-state index is 0.0442. The van der Waals surface area contributed by atoms with Gasteiger partial charge in [-0.1, -0.05) is 6.07 Å². The number of amides is 2. The second-order valence-electron chi connectivity index (χ2n) is 7.48. The Labute approximate surface area is 168 Å². The molecule has 3 heterocycles. The lowest BCUT2D eigenvalue weighted by atomic mass is 9.97. The first-order chi connectivity index (χ1) is 13.7. The third-order valence-corrected chi connectivity index (χ3v) is 6.26. The largest absolute Gasteiger partial charge is 0.383 e. The van der Waals surface area contributed by atoms with Crippen molar-refractivity contribution in [3.05, 3.63) is 38.7 Å². The van der Waals surface area contributed by atoms with Gasteiger partial charge in [0.25, 0.3) is 0 Å². The maximum atomic E-state index is 12.8. The van der Waals surface area contributed by atoms with Gasteiger partial charge in [0, 0.05) is 37.0 Å². The van der Waals surface area contributed by atoms with Crippen LogP contribution in [-0.4, -0.2) is 52.1 Å². The molecule has 9 heteroatoms. The molecule has 1 aliphatic heterocycles. The lowest BCUT2D eigenvalue weighted by Crippen LogP contribution is -2.45. The summed E-state index contributed by atoms with van der Waals surface area (Å²) >= 11 is 1.64. The molecule has 2 amide bonds. The number of methoxy groups -OCH3 is 1. The van der Waals surface area contributed by atoms with Crippen molar-refractivity contribution in [1.29, 1.82) is 0 Å². The third kappa shape index (κ3) is 4.15. The topological polar surface area (TPSA) is 81.4 Å². The van der Waals surface area contributed by atoms with Gasteiger partial charge in [0.05, 0.1) is 19.7 Å². The lowest BCUT2D eigenvalue weighted by Gasteiger charge is -2.32. The number of nitrogens with zero attached hydrogens (tertiary/aromatic N) is 4. The number of urea groups is 1. The smallest absolute Gasteiger partial charge is 0.346 e. The Balaban J connectivity index is 1.46. The highest BCUT2D eigenvalue weighted by Gasteiger charge is 2.35. The van der Waals surface area contributed by atoms with E-state index >= 15 is 0 Å². The minimum Gasteiger partial charge on any atom is -0.383 e. The first kappa shape index (κ1) is 19.2. The fraction of sp³-hybridized carbons (Fsp3) is 0.632. The Bertz CT molecular complexity index is 856. The Morgan fingerprint density at radius 3 is 2.96 bits per heavy atom. The average Bonchev–Trinajstić information content (AvgIpc) is 3.30. The molecule has 1 saturated carbocycles. The molecule has 2 aromatic heterocycles. The van der Waals surface area contributed by atoms with Crippen LogP contribution in [0.5, 0.6) is 0 Å². The molecule has 0 spiro atoms. The van der Waals surface area contributed by atoms with Crippen LogP contribution in [0.1, 0.15) is 48.3 Å². The molecule has 8 nitrogen and oxygen atoms in total. The number of nitrogens with one attached hydrogen (secondary N) is 1. The molecule has 1 saturated heterocycles. The Hall–Kier alpha value is -2.13. The van der Waals surface area contributed by atoms with Crippen molar-refractivity contribution in [2.75, 3.05) is 26.8 Å². The van der Waals surface area contributed by atoms with Crippen molar-refractivity contribution < 1.29 is 9.53 Å². The predicted octanol–water partition coefficient (Wildman–Crippen LogP) is 2.18. The molecule has 2 aliphatic rings. The molecule has 1 aliphatic carbocycles. The van der Waals surface area contributed by atoms with E-state index in [1.165, 1.54) is 4.68 Å². The number of thiophene rings is 1. The number of rotatable bonds is 7. The molecule has 2 fully saturated rings. The zero-order valence-corrected chi connectivity index (χ0v) is 17.0. The fourth-order valence-corrected chi connectivity index (χ4v) is 4.42. The van der Waals surface area contributed by atoms with Crippen LogP contribution in [0.2, 0.25) is 0 Å². The summed E-state index contributed by atoms with van der Waals surface area (Å²) in [6.07, 6.45) is 3.92. The quantitative estimate of drug-likeness (QED) is 0.766. The van der Waals surface area contributed by atoms with Crippen molar-refractivity contribution in [2.24, 2.45) is 0 Å². The summed E-state index contributed by atoms with van der Waals surface area (Å²) < 4.78 is 8.50. The molecule has 1 unspecified atom stereocenters. The minimum atomic E-state index is -0.0474. The van der Waals surface area contributed by atoms with Gasteiger partial charge >= 0.3 is 11.7 Å². The third-order valence-electron chi connectivity index (χ3n) is 5.38. The van der Waals surface area contributed by atoms with Crippen LogP contribution in [0.4, 0.5) is 4.79 Å². The average molecular weight is 406 g/mol. The van der Waals surface area contributed by atoms with E-state index in [1.807, 2.05) is 27.0 Å². The van der Waals surface area contributed by atoms with Gasteiger partial charge in [-0.2, -0.15) is 5.10 Å². The van der Waals surface area contributed by atoms with Crippen LogP contribution in [0.25, 0.3) is 0 Å². The predicted molar refractivity (Wildman–Crippen MR) is 107 cm³/mol. The van der Waals surface area contributed by atoms with Crippen molar-refractivity contribution >= 4 is 17.4 Å². The van der Waals surface area contributed by atoms with Crippen molar-refractivity contribution in [3.8, 4) is 0 Å². The highest BCUT2D eigenvalue weighted by Crippen LogP contribution is 2.37. The van der Waals surface area contributed by atoms with E-state index in [1.54, 1.807) is 18.4 Å². The standard InChI is InChI=1S/C19H27N5O3S/c1-27-10-9-23-19(26)24(15-6-7-15)17(21-23)14-4-2-8-22(13-14)18(25)20-12-16-5-3-11-28-16/h3,5,11,14-15H,2,4,6-10,12-13H2,1H3,(H,20,25). The summed E-state index contributed by atoms with van der Waals surface area (Å²) in [6, 6.07) is 4.23. The van der Waals surface area contributed by atoms with Crippen LogP contribution >= 0.6 is 11.3 Å². The van der Waals surface area contributed by atoms with Gasteiger partial charge in [0.2, 0.25) is 0 Å². The fourth-order valence-electron chi connectivity index (χ4n) is 3.77. The number of aromatic nitrogens is 3. The van der Waals surface area contributed by atoms with E-state index in [4.69, 9.17) is 4.74 Å². The van der Waals surface area contributed by atoms with E-state index in [0.29, 0.717) is 26.2 Å². The zero-order chi connectivity index (χ0) is 19.5. The van der Waals surface area contributed by atoms with Gasteiger partial charge in [-0.05, 0) is 37.1 Å². The number of ether oxygens (including phenoxy) is 1. The molecule has 0 aromatic carbocycles. The second-order valence-corrected chi connectivity index (χ2v) is 8.51. The summed E-state index contributed by atoms with van der Waals surface area (Å²) in [4.78, 5) is 28.4. The first-order valence-corrected chi connectivity index (χ1v) is 10.8. The number of piperidine rings is 1. The Morgan fingerprint density at radius 2 is 2.25 bits per heavy atom. The zero-order valence-electron chi connectivity index (χ0n) is 16.2. The lowest BCUT2D eigenvalue weighted by molar-refractivity contribution is 0.176.